The van der Waals surface area contributed by atoms with Crippen LogP contribution in [0, 0.1) is 5.92 Å². The minimum absolute atomic E-state index is 0.276. The summed E-state index contributed by atoms with van der Waals surface area (Å²) in [6.45, 7) is 4.09. The van der Waals surface area contributed by atoms with Crippen molar-refractivity contribution in [1.82, 2.24) is 0 Å². The predicted molar refractivity (Wildman–Crippen MR) is 64.9 cm³/mol. The van der Waals surface area contributed by atoms with Gasteiger partial charge in [-0.1, -0.05) is 60.8 Å². The lowest BCUT2D eigenvalue weighted by atomic mass is 9.97. The third kappa shape index (κ3) is 2.91. The molecule has 76 valence electrons. The molecule has 0 aliphatic rings. The van der Waals surface area contributed by atoms with Crippen LogP contribution in [0.15, 0.2) is 28.8 Å². The smallest absolute Gasteiger partial charge is 0.0843 e. The summed E-state index contributed by atoms with van der Waals surface area (Å²) in [5.41, 5.74) is 1.91. The zero-order valence-corrected chi connectivity index (χ0v) is 10.3. The molecule has 0 atom stereocenters. The molecule has 0 nitrogen and oxygen atoms in total. The molecule has 0 aliphatic heterocycles. The highest BCUT2D eigenvalue weighted by Gasteiger charge is 2.10. The van der Waals surface area contributed by atoms with Gasteiger partial charge in [0, 0.05) is 5.02 Å². The van der Waals surface area contributed by atoms with E-state index in [1.807, 2.05) is 38.1 Å². The molecule has 3 heteroatoms. The summed E-state index contributed by atoms with van der Waals surface area (Å²) in [5, 5.41) is 0.690. The van der Waals surface area contributed by atoms with E-state index >= 15 is 0 Å². The van der Waals surface area contributed by atoms with Crippen molar-refractivity contribution in [1.29, 1.82) is 0 Å². The van der Waals surface area contributed by atoms with Gasteiger partial charge in [-0.2, -0.15) is 0 Å². The number of hydrogen-bond donors (Lipinski definition) is 0. The van der Waals surface area contributed by atoms with E-state index in [0.717, 1.165) is 11.1 Å². The lowest BCUT2D eigenvalue weighted by Gasteiger charge is -2.12. The van der Waals surface area contributed by atoms with Gasteiger partial charge in [-0.3, -0.25) is 0 Å². The van der Waals surface area contributed by atoms with E-state index in [0.29, 0.717) is 9.51 Å². The summed E-state index contributed by atoms with van der Waals surface area (Å²) >= 11 is 17.5. The summed E-state index contributed by atoms with van der Waals surface area (Å²) in [5.74, 6) is 0.276. The first-order valence-corrected chi connectivity index (χ1v) is 5.47. The van der Waals surface area contributed by atoms with Gasteiger partial charge in [-0.15, -0.1) is 0 Å². The summed E-state index contributed by atoms with van der Waals surface area (Å²) in [6, 6.07) is 7.52. The van der Waals surface area contributed by atoms with Crippen LogP contribution in [-0.4, -0.2) is 0 Å². The highest BCUT2D eigenvalue weighted by atomic mass is 35.5. The fourth-order valence-corrected chi connectivity index (χ4v) is 2.16. The maximum Gasteiger partial charge on any atom is 0.110 e. The number of halogens is 3. The van der Waals surface area contributed by atoms with E-state index < -0.39 is 0 Å². The van der Waals surface area contributed by atoms with Crippen LogP contribution in [0.25, 0.3) is 5.57 Å². The van der Waals surface area contributed by atoms with Gasteiger partial charge in [0.25, 0.3) is 0 Å². The molecule has 0 amide bonds. The average molecular weight is 250 g/mol. The second kappa shape index (κ2) is 5.06. The van der Waals surface area contributed by atoms with Gasteiger partial charge in [-0.25, -0.2) is 0 Å². The largest absolute Gasteiger partial charge is 0.110 e. The fraction of sp³-hybridized carbons (Fsp3) is 0.273. The first-order valence-electron chi connectivity index (χ1n) is 4.33. The first kappa shape index (κ1) is 11.9. The van der Waals surface area contributed by atoms with E-state index in [-0.39, 0.29) is 5.92 Å². The van der Waals surface area contributed by atoms with E-state index in [2.05, 4.69) is 0 Å². The van der Waals surface area contributed by atoms with Gasteiger partial charge in [-0.05, 0) is 29.2 Å². The van der Waals surface area contributed by atoms with Crippen molar-refractivity contribution >= 4 is 40.4 Å². The molecule has 0 saturated heterocycles. The SMILES string of the molecule is CC(C)C(=C(Cl)Cl)c1cccc(Cl)c1. The number of allylic oxidation sites excluding steroid dienone is 1. The molecule has 0 spiro atoms. The van der Waals surface area contributed by atoms with Crippen LogP contribution in [0.4, 0.5) is 0 Å². The lowest BCUT2D eigenvalue weighted by molar-refractivity contribution is 0.855. The maximum atomic E-state index is 5.89. The zero-order chi connectivity index (χ0) is 10.7. The Morgan fingerprint density at radius 2 is 1.86 bits per heavy atom. The van der Waals surface area contributed by atoms with Crippen LogP contribution in [0.1, 0.15) is 19.4 Å². The van der Waals surface area contributed by atoms with Crippen molar-refractivity contribution in [2.45, 2.75) is 13.8 Å². The van der Waals surface area contributed by atoms with E-state index in [1.165, 1.54) is 0 Å². The molecule has 14 heavy (non-hydrogen) atoms. The van der Waals surface area contributed by atoms with Crippen LogP contribution in [0.5, 0.6) is 0 Å². The monoisotopic (exact) mass is 248 g/mol. The Balaban J connectivity index is 3.20. The van der Waals surface area contributed by atoms with Crippen molar-refractivity contribution in [2.24, 2.45) is 5.92 Å². The summed E-state index contributed by atoms with van der Waals surface area (Å²) in [6.07, 6.45) is 0. The van der Waals surface area contributed by atoms with Gasteiger partial charge in [0.05, 0.1) is 0 Å². The highest BCUT2D eigenvalue weighted by molar-refractivity contribution is 6.58. The predicted octanol–water partition coefficient (Wildman–Crippen LogP) is 5.14. The molecular formula is C11H11Cl3. The number of rotatable bonds is 2. The maximum absolute atomic E-state index is 5.89. The molecular weight excluding hydrogens is 238 g/mol. The Morgan fingerprint density at radius 1 is 1.21 bits per heavy atom. The molecule has 0 aliphatic carbocycles. The Hall–Kier alpha value is -0.170. The molecule has 0 N–H and O–H groups in total. The van der Waals surface area contributed by atoms with Crippen molar-refractivity contribution in [3.8, 4) is 0 Å². The Kier molecular flexibility index (Phi) is 4.31. The van der Waals surface area contributed by atoms with Gasteiger partial charge in [0.1, 0.15) is 4.49 Å². The molecule has 0 unspecified atom stereocenters. The van der Waals surface area contributed by atoms with Crippen molar-refractivity contribution in [2.75, 3.05) is 0 Å². The molecule has 1 aromatic rings. The molecule has 0 radical (unpaired) electrons. The second-order valence-electron chi connectivity index (χ2n) is 3.34. The van der Waals surface area contributed by atoms with Crippen LogP contribution >= 0.6 is 34.8 Å². The summed E-state index contributed by atoms with van der Waals surface area (Å²) in [4.78, 5) is 0. The minimum atomic E-state index is 0.276. The van der Waals surface area contributed by atoms with E-state index in [1.54, 1.807) is 0 Å². The van der Waals surface area contributed by atoms with Crippen molar-refractivity contribution in [3.63, 3.8) is 0 Å². The molecule has 0 aromatic heterocycles. The standard InChI is InChI=1S/C11H11Cl3/c1-7(2)10(11(13)14)8-4-3-5-9(12)6-8/h3-7H,1-2H3. The van der Waals surface area contributed by atoms with Crippen molar-refractivity contribution < 1.29 is 0 Å². The molecule has 1 rings (SSSR count). The van der Waals surface area contributed by atoms with Gasteiger partial charge >= 0.3 is 0 Å². The summed E-state index contributed by atoms with van der Waals surface area (Å²) < 4.78 is 0.308. The van der Waals surface area contributed by atoms with Gasteiger partial charge < -0.3 is 0 Å². The topological polar surface area (TPSA) is 0 Å². The van der Waals surface area contributed by atoms with E-state index in [4.69, 9.17) is 34.8 Å². The minimum Gasteiger partial charge on any atom is -0.0843 e. The van der Waals surface area contributed by atoms with Crippen LogP contribution in [-0.2, 0) is 0 Å². The Morgan fingerprint density at radius 3 is 2.29 bits per heavy atom. The normalized spacial score (nSPS) is 10.4. The molecule has 0 bridgehead atoms. The fourth-order valence-electron chi connectivity index (χ4n) is 1.32. The van der Waals surface area contributed by atoms with Crippen LogP contribution < -0.4 is 0 Å². The lowest BCUT2D eigenvalue weighted by Crippen LogP contribution is -1.94. The van der Waals surface area contributed by atoms with Crippen molar-refractivity contribution in [3.05, 3.63) is 39.3 Å². The van der Waals surface area contributed by atoms with Crippen LogP contribution in [0.2, 0.25) is 5.02 Å². The Bertz CT molecular complexity index is 349. The van der Waals surface area contributed by atoms with Gasteiger partial charge in [0.15, 0.2) is 0 Å². The third-order valence-electron chi connectivity index (χ3n) is 1.92. The number of hydrogen-bond acceptors (Lipinski definition) is 0. The zero-order valence-electron chi connectivity index (χ0n) is 8.02. The summed E-state index contributed by atoms with van der Waals surface area (Å²) in [7, 11) is 0. The molecule has 1 aromatic carbocycles. The van der Waals surface area contributed by atoms with Crippen LogP contribution in [0.3, 0.4) is 0 Å². The second-order valence-corrected chi connectivity index (χ2v) is 4.72. The third-order valence-corrected chi connectivity index (χ3v) is 2.56. The Labute approximate surface area is 99.5 Å². The van der Waals surface area contributed by atoms with E-state index in [9.17, 15) is 0 Å². The van der Waals surface area contributed by atoms with Gasteiger partial charge in [0.2, 0.25) is 0 Å². The molecule has 0 fully saturated rings. The quantitative estimate of drug-likeness (QED) is 0.680. The number of benzene rings is 1. The average Bonchev–Trinajstić information content (AvgIpc) is 2.02. The molecule has 0 saturated carbocycles. The highest BCUT2D eigenvalue weighted by Crippen LogP contribution is 2.31. The first-order chi connectivity index (χ1) is 6.52. The molecule has 0 heterocycles.